The maximum Gasteiger partial charge on any atom is 0.240 e. The van der Waals surface area contributed by atoms with Gasteiger partial charge in [0.15, 0.2) is 0 Å². The standard InChI is InChI=1S/C19H27N3O2/c1-2-18(23)21-14-12-20(13-15-21)17-9-11-22(19(17)24)10-8-16-6-4-3-5-7-16/h3-7,17H,2,8-15H2,1H3. The van der Waals surface area contributed by atoms with Crippen molar-refractivity contribution < 1.29 is 9.59 Å². The molecule has 2 aliphatic heterocycles. The van der Waals surface area contributed by atoms with E-state index in [-0.39, 0.29) is 17.9 Å². The first-order chi connectivity index (χ1) is 11.7. The molecule has 2 aliphatic rings. The van der Waals surface area contributed by atoms with Gasteiger partial charge in [0.25, 0.3) is 0 Å². The highest BCUT2D eigenvalue weighted by Crippen LogP contribution is 2.19. The van der Waals surface area contributed by atoms with Gasteiger partial charge in [-0.1, -0.05) is 37.3 Å². The first-order valence-electron chi connectivity index (χ1n) is 9.03. The molecule has 2 fully saturated rings. The quantitative estimate of drug-likeness (QED) is 0.820. The number of carbonyl (C=O) groups is 2. The third kappa shape index (κ3) is 3.78. The number of amides is 2. The van der Waals surface area contributed by atoms with Crippen LogP contribution in [0.5, 0.6) is 0 Å². The zero-order valence-electron chi connectivity index (χ0n) is 14.5. The van der Waals surface area contributed by atoms with Crippen LogP contribution in [0.1, 0.15) is 25.3 Å². The maximum atomic E-state index is 12.7. The van der Waals surface area contributed by atoms with Crippen LogP contribution in [0.15, 0.2) is 30.3 Å². The molecule has 0 saturated carbocycles. The number of carbonyl (C=O) groups excluding carboxylic acids is 2. The smallest absolute Gasteiger partial charge is 0.240 e. The van der Waals surface area contributed by atoms with E-state index in [0.29, 0.717) is 6.42 Å². The summed E-state index contributed by atoms with van der Waals surface area (Å²) in [5.74, 6) is 0.484. The average molecular weight is 329 g/mol. The van der Waals surface area contributed by atoms with Crippen molar-refractivity contribution in [2.45, 2.75) is 32.2 Å². The molecule has 2 amide bonds. The molecule has 2 heterocycles. The number of piperazine rings is 1. The number of hydrogen-bond acceptors (Lipinski definition) is 3. The van der Waals surface area contributed by atoms with Gasteiger partial charge in [0.2, 0.25) is 11.8 Å². The van der Waals surface area contributed by atoms with Crippen LogP contribution >= 0.6 is 0 Å². The summed E-state index contributed by atoms with van der Waals surface area (Å²) in [6.45, 7) is 6.68. The molecule has 5 nitrogen and oxygen atoms in total. The van der Waals surface area contributed by atoms with E-state index in [1.54, 1.807) is 0 Å². The summed E-state index contributed by atoms with van der Waals surface area (Å²) >= 11 is 0. The lowest BCUT2D eigenvalue weighted by Crippen LogP contribution is -2.53. The van der Waals surface area contributed by atoms with Crippen molar-refractivity contribution in [3.05, 3.63) is 35.9 Å². The summed E-state index contributed by atoms with van der Waals surface area (Å²) in [6.07, 6.45) is 2.39. The van der Waals surface area contributed by atoms with Crippen molar-refractivity contribution in [1.29, 1.82) is 0 Å². The highest BCUT2D eigenvalue weighted by Gasteiger charge is 2.37. The van der Waals surface area contributed by atoms with Crippen LogP contribution in [-0.2, 0) is 16.0 Å². The predicted octanol–water partition coefficient (Wildman–Crippen LogP) is 1.38. The molecule has 2 saturated heterocycles. The van der Waals surface area contributed by atoms with E-state index in [1.165, 1.54) is 5.56 Å². The molecule has 0 aliphatic carbocycles. The van der Waals surface area contributed by atoms with E-state index in [4.69, 9.17) is 0 Å². The molecular formula is C19H27N3O2. The molecule has 3 rings (SSSR count). The Kier molecular flexibility index (Phi) is 5.51. The fraction of sp³-hybridized carbons (Fsp3) is 0.579. The highest BCUT2D eigenvalue weighted by atomic mass is 16.2. The van der Waals surface area contributed by atoms with Crippen LogP contribution < -0.4 is 0 Å². The summed E-state index contributed by atoms with van der Waals surface area (Å²) < 4.78 is 0. The van der Waals surface area contributed by atoms with Crippen LogP contribution in [0.3, 0.4) is 0 Å². The molecular weight excluding hydrogens is 302 g/mol. The Balaban J connectivity index is 1.49. The fourth-order valence-corrected chi connectivity index (χ4v) is 3.70. The number of nitrogens with zero attached hydrogens (tertiary/aromatic N) is 3. The van der Waals surface area contributed by atoms with Crippen LogP contribution in [0, 0.1) is 0 Å². The first-order valence-corrected chi connectivity index (χ1v) is 9.03. The van der Waals surface area contributed by atoms with Crippen molar-refractivity contribution in [3.63, 3.8) is 0 Å². The van der Waals surface area contributed by atoms with Gasteiger partial charge in [-0.2, -0.15) is 0 Å². The van der Waals surface area contributed by atoms with Crippen molar-refractivity contribution in [2.24, 2.45) is 0 Å². The minimum absolute atomic E-state index is 0.0136. The summed E-state index contributed by atoms with van der Waals surface area (Å²) in [5.41, 5.74) is 1.28. The number of likely N-dealkylation sites (tertiary alicyclic amines) is 1. The van der Waals surface area contributed by atoms with Gasteiger partial charge in [-0.15, -0.1) is 0 Å². The van der Waals surface area contributed by atoms with E-state index in [2.05, 4.69) is 17.0 Å². The lowest BCUT2D eigenvalue weighted by atomic mass is 10.1. The molecule has 1 aromatic carbocycles. The highest BCUT2D eigenvalue weighted by molar-refractivity contribution is 5.84. The Labute approximate surface area is 144 Å². The van der Waals surface area contributed by atoms with E-state index in [1.807, 2.05) is 34.9 Å². The van der Waals surface area contributed by atoms with Crippen molar-refractivity contribution in [3.8, 4) is 0 Å². The van der Waals surface area contributed by atoms with Gasteiger partial charge in [0, 0.05) is 45.7 Å². The topological polar surface area (TPSA) is 43.9 Å². The van der Waals surface area contributed by atoms with Crippen LogP contribution in [0.4, 0.5) is 0 Å². The summed E-state index contributed by atoms with van der Waals surface area (Å²) in [6, 6.07) is 10.3. The largest absolute Gasteiger partial charge is 0.341 e. The van der Waals surface area contributed by atoms with Crippen molar-refractivity contribution in [1.82, 2.24) is 14.7 Å². The predicted molar refractivity (Wildman–Crippen MR) is 93.6 cm³/mol. The van der Waals surface area contributed by atoms with Gasteiger partial charge in [0.05, 0.1) is 6.04 Å². The Morgan fingerprint density at radius 1 is 1.08 bits per heavy atom. The first kappa shape index (κ1) is 17.0. The molecule has 24 heavy (non-hydrogen) atoms. The van der Waals surface area contributed by atoms with E-state index < -0.39 is 0 Å². The molecule has 1 unspecified atom stereocenters. The molecule has 0 bridgehead atoms. The third-order valence-electron chi connectivity index (χ3n) is 5.19. The van der Waals surface area contributed by atoms with Crippen molar-refractivity contribution in [2.75, 3.05) is 39.3 Å². The van der Waals surface area contributed by atoms with Gasteiger partial charge in [0.1, 0.15) is 0 Å². The molecule has 0 N–H and O–H groups in total. The number of rotatable bonds is 5. The molecule has 1 atom stereocenters. The molecule has 1 aromatic rings. The number of hydrogen-bond donors (Lipinski definition) is 0. The molecule has 0 radical (unpaired) electrons. The Bertz CT molecular complexity index is 567. The summed E-state index contributed by atoms with van der Waals surface area (Å²) in [7, 11) is 0. The minimum atomic E-state index is 0.0136. The lowest BCUT2D eigenvalue weighted by Gasteiger charge is -2.37. The zero-order chi connectivity index (χ0) is 16.9. The second-order valence-electron chi connectivity index (χ2n) is 6.64. The van der Waals surface area contributed by atoms with Gasteiger partial charge in [-0.05, 0) is 18.4 Å². The van der Waals surface area contributed by atoms with E-state index in [0.717, 1.165) is 52.1 Å². The zero-order valence-corrected chi connectivity index (χ0v) is 14.5. The lowest BCUT2D eigenvalue weighted by molar-refractivity contribution is -0.135. The Morgan fingerprint density at radius 3 is 2.46 bits per heavy atom. The van der Waals surface area contributed by atoms with Gasteiger partial charge in [-0.25, -0.2) is 0 Å². The molecule has 0 spiro atoms. The maximum absolute atomic E-state index is 12.7. The normalized spacial score (nSPS) is 22.2. The third-order valence-corrected chi connectivity index (χ3v) is 5.19. The Morgan fingerprint density at radius 2 is 1.79 bits per heavy atom. The van der Waals surface area contributed by atoms with Crippen LogP contribution in [-0.4, -0.2) is 71.8 Å². The van der Waals surface area contributed by atoms with Crippen LogP contribution in [0.25, 0.3) is 0 Å². The minimum Gasteiger partial charge on any atom is -0.341 e. The van der Waals surface area contributed by atoms with E-state index >= 15 is 0 Å². The molecule has 0 aromatic heterocycles. The number of benzene rings is 1. The van der Waals surface area contributed by atoms with Crippen molar-refractivity contribution >= 4 is 11.8 Å². The average Bonchev–Trinajstić information content (AvgIpc) is 3.01. The summed E-state index contributed by atoms with van der Waals surface area (Å²) in [4.78, 5) is 30.7. The Hall–Kier alpha value is -1.88. The molecule has 130 valence electrons. The second-order valence-corrected chi connectivity index (χ2v) is 6.64. The monoisotopic (exact) mass is 329 g/mol. The van der Waals surface area contributed by atoms with Gasteiger partial charge < -0.3 is 9.80 Å². The van der Waals surface area contributed by atoms with Gasteiger partial charge >= 0.3 is 0 Å². The van der Waals surface area contributed by atoms with Gasteiger partial charge in [-0.3, -0.25) is 14.5 Å². The summed E-state index contributed by atoms with van der Waals surface area (Å²) in [5, 5.41) is 0. The fourth-order valence-electron chi connectivity index (χ4n) is 3.70. The second kappa shape index (κ2) is 7.79. The molecule has 5 heteroatoms. The van der Waals surface area contributed by atoms with E-state index in [9.17, 15) is 9.59 Å². The SMILES string of the molecule is CCC(=O)N1CCN(C2CCN(CCc3ccccc3)C2=O)CC1. The van der Waals surface area contributed by atoms with Crippen LogP contribution in [0.2, 0.25) is 0 Å².